The molecule has 6 nitrogen and oxygen atoms in total. The van der Waals surface area contributed by atoms with Gasteiger partial charge in [0.15, 0.2) is 16.8 Å². The summed E-state index contributed by atoms with van der Waals surface area (Å²) in [4.78, 5) is 23.6. The monoisotopic (exact) mass is 366 g/mol. The predicted molar refractivity (Wildman–Crippen MR) is 102 cm³/mol. The summed E-state index contributed by atoms with van der Waals surface area (Å²) in [6, 6.07) is 16.7. The van der Waals surface area contributed by atoms with Gasteiger partial charge < -0.3 is 9.88 Å². The summed E-state index contributed by atoms with van der Waals surface area (Å²) in [5.41, 5.74) is 2.14. The van der Waals surface area contributed by atoms with Gasteiger partial charge in [-0.1, -0.05) is 54.2 Å². The molecule has 3 aromatic rings. The molecule has 132 valence electrons. The van der Waals surface area contributed by atoms with Gasteiger partial charge in [-0.15, -0.1) is 10.2 Å². The zero-order valence-corrected chi connectivity index (χ0v) is 15.3. The standard InChI is InChI=1S/C19H18N4O2S/c1-13(24)15-9-6-10-16(11-15)20-17(25)12-26-19-22-21-18(23(19)2)14-7-4-3-5-8-14/h3-11H,12H2,1-2H3,(H,20,25). The van der Waals surface area contributed by atoms with E-state index in [0.29, 0.717) is 16.4 Å². The highest BCUT2D eigenvalue weighted by Crippen LogP contribution is 2.22. The number of carbonyl (C=O) groups is 2. The van der Waals surface area contributed by atoms with E-state index in [4.69, 9.17) is 0 Å². The topological polar surface area (TPSA) is 76.9 Å². The molecule has 0 saturated carbocycles. The van der Waals surface area contributed by atoms with Crippen LogP contribution in [0.4, 0.5) is 5.69 Å². The van der Waals surface area contributed by atoms with E-state index in [1.807, 2.05) is 41.9 Å². The van der Waals surface area contributed by atoms with Crippen LogP contribution in [0.5, 0.6) is 0 Å². The van der Waals surface area contributed by atoms with Gasteiger partial charge in [0.1, 0.15) is 0 Å². The van der Waals surface area contributed by atoms with Crippen molar-refractivity contribution in [3.05, 3.63) is 60.2 Å². The third kappa shape index (κ3) is 4.18. The Labute approximate surface area is 155 Å². The molecule has 2 aromatic carbocycles. The third-order valence-electron chi connectivity index (χ3n) is 3.75. The molecule has 0 aliphatic heterocycles. The van der Waals surface area contributed by atoms with Crippen molar-refractivity contribution in [2.75, 3.05) is 11.1 Å². The van der Waals surface area contributed by atoms with Gasteiger partial charge in [0.25, 0.3) is 0 Å². The van der Waals surface area contributed by atoms with E-state index in [1.165, 1.54) is 18.7 Å². The van der Waals surface area contributed by atoms with Crippen molar-refractivity contribution in [2.24, 2.45) is 7.05 Å². The highest BCUT2D eigenvalue weighted by atomic mass is 32.2. The molecule has 0 aliphatic carbocycles. The minimum atomic E-state index is -0.167. The minimum absolute atomic E-state index is 0.0389. The van der Waals surface area contributed by atoms with Crippen LogP contribution in [0.15, 0.2) is 59.8 Å². The van der Waals surface area contributed by atoms with E-state index in [0.717, 1.165) is 11.4 Å². The lowest BCUT2D eigenvalue weighted by atomic mass is 10.1. The Morgan fingerprint density at radius 3 is 2.58 bits per heavy atom. The molecule has 1 N–H and O–H groups in total. The van der Waals surface area contributed by atoms with Crippen molar-refractivity contribution in [3.63, 3.8) is 0 Å². The van der Waals surface area contributed by atoms with Crippen LogP contribution in [0.3, 0.4) is 0 Å². The second kappa shape index (κ2) is 7.97. The van der Waals surface area contributed by atoms with E-state index in [2.05, 4.69) is 15.5 Å². The number of thioether (sulfide) groups is 1. The van der Waals surface area contributed by atoms with Crippen molar-refractivity contribution in [2.45, 2.75) is 12.1 Å². The Hall–Kier alpha value is -2.93. The van der Waals surface area contributed by atoms with Crippen LogP contribution in [0, 0.1) is 0 Å². The number of carbonyl (C=O) groups excluding carboxylic acids is 2. The van der Waals surface area contributed by atoms with Gasteiger partial charge in [0.05, 0.1) is 5.75 Å². The predicted octanol–water partition coefficient (Wildman–Crippen LogP) is 3.42. The molecule has 0 radical (unpaired) electrons. The van der Waals surface area contributed by atoms with Crippen molar-refractivity contribution >= 4 is 29.1 Å². The molecule has 0 atom stereocenters. The maximum atomic E-state index is 12.2. The van der Waals surface area contributed by atoms with Crippen LogP contribution in [-0.4, -0.2) is 32.2 Å². The summed E-state index contributed by atoms with van der Waals surface area (Å²) in [6.45, 7) is 1.50. The molecular weight excluding hydrogens is 348 g/mol. The lowest BCUT2D eigenvalue weighted by Crippen LogP contribution is -2.14. The van der Waals surface area contributed by atoms with E-state index < -0.39 is 0 Å². The average molecular weight is 366 g/mol. The fraction of sp³-hybridized carbons (Fsp3) is 0.158. The van der Waals surface area contributed by atoms with Crippen LogP contribution >= 0.6 is 11.8 Å². The highest BCUT2D eigenvalue weighted by Gasteiger charge is 2.13. The largest absolute Gasteiger partial charge is 0.325 e. The Morgan fingerprint density at radius 1 is 1.08 bits per heavy atom. The van der Waals surface area contributed by atoms with Crippen molar-refractivity contribution in [3.8, 4) is 11.4 Å². The van der Waals surface area contributed by atoms with Crippen LogP contribution in [0.25, 0.3) is 11.4 Å². The summed E-state index contributed by atoms with van der Waals surface area (Å²) in [5.74, 6) is 0.746. The van der Waals surface area contributed by atoms with Gasteiger partial charge >= 0.3 is 0 Å². The Kier molecular flexibility index (Phi) is 5.48. The average Bonchev–Trinajstić information content (AvgIpc) is 3.01. The van der Waals surface area contributed by atoms with Crippen molar-refractivity contribution in [1.29, 1.82) is 0 Å². The summed E-state index contributed by atoms with van der Waals surface area (Å²) < 4.78 is 1.86. The lowest BCUT2D eigenvalue weighted by molar-refractivity contribution is -0.113. The first-order chi connectivity index (χ1) is 12.5. The first-order valence-corrected chi connectivity index (χ1v) is 9.01. The summed E-state index contributed by atoms with van der Waals surface area (Å²) in [7, 11) is 1.87. The molecule has 1 amide bonds. The molecule has 26 heavy (non-hydrogen) atoms. The smallest absolute Gasteiger partial charge is 0.234 e. The third-order valence-corrected chi connectivity index (χ3v) is 4.77. The first-order valence-electron chi connectivity index (χ1n) is 8.03. The second-order valence-corrected chi connectivity index (χ2v) is 6.65. The Bertz CT molecular complexity index is 938. The Morgan fingerprint density at radius 2 is 1.85 bits per heavy atom. The molecule has 1 aromatic heterocycles. The molecular formula is C19H18N4O2S. The second-order valence-electron chi connectivity index (χ2n) is 5.71. The number of aromatic nitrogens is 3. The van der Waals surface area contributed by atoms with Gasteiger partial charge in [-0.25, -0.2) is 0 Å². The maximum absolute atomic E-state index is 12.2. The van der Waals surface area contributed by atoms with Crippen LogP contribution in [-0.2, 0) is 11.8 Å². The number of amides is 1. The molecule has 0 fully saturated rings. The molecule has 0 bridgehead atoms. The van der Waals surface area contributed by atoms with Gasteiger partial charge in [-0.2, -0.15) is 0 Å². The number of anilines is 1. The zero-order chi connectivity index (χ0) is 18.5. The molecule has 0 aliphatic rings. The van der Waals surface area contributed by atoms with E-state index in [-0.39, 0.29) is 17.4 Å². The number of rotatable bonds is 6. The number of hydrogen-bond acceptors (Lipinski definition) is 5. The molecule has 0 saturated heterocycles. The van der Waals surface area contributed by atoms with Crippen LogP contribution in [0.1, 0.15) is 17.3 Å². The molecule has 0 unspecified atom stereocenters. The normalized spacial score (nSPS) is 10.5. The molecule has 0 spiro atoms. The van der Waals surface area contributed by atoms with Crippen molar-refractivity contribution in [1.82, 2.24) is 14.8 Å². The first kappa shape index (κ1) is 17.9. The number of Topliss-reactive ketones (excluding diaryl/α,β-unsaturated/α-hetero) is 1. The van der Waals surface area contributed by atoms with Crippen LogP contribution < -0.4 is 5.32 Å². The SMILES string of the molecule is CC(=O)c1cccc(NC(=O)CSc2nnc(-c3ccccc3)n2C)c1. The fourth-order valence-electron chi connectivity index (χ4n) is 2.42. The lowest BCUT2D eigenvalue weighted by Gasteiger charge is -2.06. The number of benzene rings is 2. The summed E-state index contributed by atoms with van der Waals surface area (Å²) in [6.07, 6.45) is 0. The highest BCUT2D eigenvalue weighted by molar-refractivity contribution is 7.99. The number of nitrogens with zero attached hydrogens (tertiary/aromatic N) is 3. The summed E-state index contributed by atoms with van der Waals surface area (Å²) >= 11 is 1.31. The number of nitrogens with one attached hydrogen (secondary N) is 1. The molecule has 7 heteroatoms. The molecule has 1 heterocycles. The number of ketones is 1. The van der Waals surface area contributed by atoms with Gasteiger partial charge in [0.2, 0.25) is 5.91 Å². The summed E-state index contributed by atoms with van der Waals surface area (Å²) in [5, 5.41) is 11.8. The van der Waals surface area contributed by atoms with Gasteiger partial charge in [0, 0.05) is 23.9 Å². The van der Waals surface area contributed by atoms with Crippen LogP contribution in [0.2, 0.25) is 0 Å². The quantitative estimate of drug-likeness (QED) is 0.534. The fourth-order valence-corrected chi connectivity index (χ4v) is 3.13. The number of hydrogen-bond donors (Lipinski definition) is 1. The van der Waals surface area contributed by atoms with E-state index in [1.54, 1.807) is 24.3 Å². The maximum Gasteiger partial charge on any atom is 0.234 e. The van der Waals surface area contributed by atoms with E-state index in [9.17, 15) is 9.59 Å². The zero-order valence-electron chi connectivity index (χ0n) is 14.5. The Balaban J connectivity index is 1.63. The molecule has 3 rings (SSSR count). The van der Waals surface area contributed by atoms with Gasteiger partial charge in [-0.3, -0.25) is 9.59 Å². The van der Waals surface area contributed by atoms with Crippen molar-refractivity contribution < 1.29 is 9.59 Å². The minimum Gasteiger partial charge on any atom is -0.325 e. The van der Waals surface area contributed by atoms with Gasteiger partial charge in [-0.05, 0) is 19.1 Å². The van der Waals surface area contributed by atoms with E-state index >= 15 is 0 Å².